The number of fused-ring (bicyclic) bond motifs is 1. The van der Waals surface area contributed by atoms with Crippen molar-refractivity contribution in [3.8, 4) is 11.4 Å². The molecule has 0 bridgehead atoms. The van der Waals surface area contributed by atoms with Crippen LogP contribution in [-0.2, 0) is 19.6 Å². The number of benzene rings is 2. The van der Waals surface area contributed by atoms with Crippen molar-refractivity contribution >= 4 is 17.5 Å². The quantitative estimate of drug-likeness (QED) is 0.660. The van der Waals surface area contributed by atoms with Crippen molar-refractivity contribution < 1.29 is 9.32 Å². The number of hydrogen-bond donors (Lipinski definition) is 1. The zero-order valence-corrected chi connectivity index (χ0v) is 18.2. The first-order valence-electron chi connectivity index (χ1n) is 10.5. The second kappa shape index (κ2) is 8.42. The number of hydrogen-bond acceptors (Lipinski definition) is 6. The number of nitrogens with zero attached hydrogens (tertiary/aromatic N) is 4. The van der Waals surface area contributed by atoms with Crippen LogP contribution < -0.4 is 5.32 Å². The minimum atomic E-state index is -0.0420. The predicted octanol–water partition coefficient (Wildman–Crippen LogP) is 3.26. The van der Waals surface area contributed by atoms with Gasteiger partial charge in [-0.1, -0.05) is 46.6 Å². The second-order valence-electron chi connectivity index (χ2n) is 8.18. The van der Waals surface area contributed by atoms with Crippen LogP contribution in [0.1, 0.15) is 32.9 Å². The van der Waals surface area contributed by atoms with E-state index >= 15 is 0 Å². The molecule has 0 saturated carbocycles. The topological polar surface area (TPSA) is 74.5 Å². The van der Waals surface area contributed by atoms with E-state index < -0.39 is 0 Å². The third-order valence-electron chi connectivity index (χ3n) is 5.82. The molecule has 7 nitrogen and oxygen atoms in total. The fourth-order valence-electron chi connectivity index (χ4n) is 4.13. The molecular formula is C23H24ClN5O2. The first-order chi connectivity index (χ1) is 15.1. The molecule has 1 saturated heterocycles. The number of halogens is 1. The summed E-state index contributed by atoms with van der Waals surface area (Å²) in [5.41, 5.74) is 4.53. The molecule has 31 heavy (non-hydrogen) atoms. The van der Waals surface area contributed by atoms with E-state index in [4.69, 9.17) is 16.1 Å². The van der Waals surface area contributed by atoms with Crippen LogP contribution in [0.4, 0.5) is 0 Å². The number of aryl methyl sites for hydroxylation is 1. The van der Waals surface area contributed by atoms with Gasteiger partial charge in [0, 0.05) is 44.8 Å². The van der Waals surface area contributed by atoms with Crippen LogP contribution in [0.3, 0.4) is 0 Å². The smallest absolute Gasteiger partial charge is 0.256 e. The number of rotatable bonds is 5. The van der Waals surface area contributed by atoms with E-state index in [0.29, 0.717) is 41.9 Å². The van der Waals surface area contributed by atoms with Gasteiger partial charge in [0.05, 0.1) is 17.1 Å². The van der Waals surface area contributed by atoms with Gasteiger partial charge in [-0.2, -0.15) is 4.98 Å². The first-order valence-corrected chi connectivity index (χ1v) is 10.9. The Balaban J connectivity index is 1.34. The molecule has 1 fully saturated rings. The molecule has 160 valence electrons. The van der Waals surface area contributed by atoms with Crippen LogP contribution in [0, 0.1) is 6.92 Å². The van der Waals surface area contributed by atoms with Crippen molar-refractivity contribution in [1.82, 2.24) is 25.3 Å². The molecule has 0 aliphatic carbocycles. The Kier molecular flexibility index (Phi) is 5.48. The summed E-state index contributed by atoms with van der Waals surface area (Å²) in [5.74, 6) is 1.05. The predicted molar refractivity (Wildman–Crippen MR) is 118 cm³/mol. The highest BCUT2D eigenvalue weighted by molar-refractivity contribution is 6.34. The lowest BCUT2D eigenvalue weighted by atomic mass is 10.1. The molecule has 8 heteroatoms. The number of amides is 1. The molecule has 2 aliphatic heterocycles. The van der Waals surface area contributed by atoms with Gasteiger partial charge in [-0.25, -0.2) is 0 Å². The molecule has 1 aromatic heterocycles. The van der Waals surface area contributed by atoms with Crippen molar-refractivity contribution in [2.45, 2.75) is 26.6 Å². The van der Waals surface area contributed by atoms with Gasteiger partial charge in [-0.05, 0) is 30.2 Å². The van der Waals surface area contributed by atoms with E-state index in [1.165, 1.54) is 5.56 Å². The summed E-state index contributed by atoms with van der Waals surface area (Å²) in [4.78, 5) is 21.6. The number of carbonyl (C=O) groups is 1. The molecular weight excluding hydrogens is 414 g/mol. The molecule has 5 rings (SSSR count). The molecule has 0 atom stereocenters. The van der Waals surface area contributed by atoms with Crippen molar-refractivity contribution in [3.05, 3.63) is 69.6 Å². The lowest BCUT2D eigenvalue weighted by molar-refractivity contribution is 0.0767. The molecule has 1 amide bonds. The fraction of sp³-hybridized carbons (Fsp3) is 0.348. The molecule has 3 aromatic rings. The minimum absolute atomic E-state index is 0.0420. The Hall–Kier alpha value is -2.74. The lowest BCUT2D eigenvalue weighted by Gasteiger charge is -2.25. The summed E-state index contributed by atoms with van der Waals surface area (Å²) in [6.45, 7) is 7.61. The monoisotopic (exact) mass is 437 g/mol. The van der Waals surface area contributed by atoms with Gasteiger partial charge in [0.1, 0.15) is 0 Å². The zero-order chi connectivity index (χ0) is 21.4. The van der Waals surface area contributed by atoms with Crippen molar-refractivity contribution in [2.75, 3.05) is 26.2 Å². The van der Waals surface area contributed by atoms with Crippen LogP contribution in [0.15, 0.2) is 40.9 Å². The van der Waals surface area contributed by atoms with Crippen LogP contribution in [-0.4, -0.2) is 52.0 Å². The minimum Gasteiger partial charge on any atom is -0.338 e. The number of nitrogens with one attached hydrogen (secondary N) is 1. The van der Waals surface area contributed by atoms with Crippen molar-refractivity contribution in [2.24, 2.45) is 0 Å². The summed E-state index contributed by atoms with van der Waals surface area (Å²) in [7, 11) is 0. The Bertz CT molecular complexity index is 1110. The highest BCUT2D eigenvalue weighted by atomic mass is 35.5. The number of piperazine rings is 1. The van der Waals surface area contributed by atoms with E-state index in [-0.39, 0.29) is 5.91 Å². The third-order valence-corrected chi connectivity index (χ3v) is 6.12. The van der Waals surface area contributed by atoms with E-state index in [9.17, 15) is 4.79 Å². The molecule has 0 radical (unpaired) electrons. The highest BCUT2D eigenvalue weighted by Crippen LogP contribution is 2.34. The average Bonchev–Trinajstić information content (AvgIpc) is 3.35. The average molecular weight is 438 g/mol. The van der Waals surface area contributed by atoms with E-state index in [1.807, 2.05) is 11.0 Å². The largest absolute Gasteiger partial charge is 0.338 e. The normalized spacial score (nSPS) is 16.7. The highest BCUT2D eigenvalue weighted by Gasteiger charge is 2.31. The molecule has 1 N–H and O–H groups in total. The van der Waals surface area contributed by atoms with E-state index in [2.05, 4.69) is 51.5 Å². The molecule has 0 spiro atoms. The third kappa shape index (κ3) is 4.21. The standard InChI is InChI=1S/C23H24ClN5O2/c1-15-2-4-16(5-3-15)12-29-13-18-10-17(11-19(24)21(18)23(29)30)22-26-20(31-27-22)14-28-8-6-25-7-9-28/h2-5,10-11,25H,6-9,12-14H2,1H3. The van der Waals surface area contributed by atoms with E-state index in [0.717, 1.165) is 42.9 Å². The SMILES string of the molecule is Cc1ccc(CN2Cc3cc(-c4noc(CN5CCNCC5)n4)cc(Cl)c3C2=O)cc1. The Morgan fingerprint density at radius 3 is 2.68 bits per heavy atom. The zero-order valence-electron chi connectivity index (χ0n) is 17.4. The summed E-state index contributed by atoms with van der Waals surface area (Å²) < 4.78 is 5.47. The summed E-state index contributed by atoms with van der Waals surface area (Å²) >= 11 is 6.52. The maximum Gasteiger partial charge on any atom is 0.256 e. The van der Waals surface area contributed by atoms with Gasteiger partial charge in [0.2, 0.25) is 11.7 Å². The Morgan fingerprint density at radius 1 is 1.13 bits per heavy atom. The molecule has 2 aliphatic rings. The van der Waals surface area contributed by atoms with Crippen LogP contribution in [0.2, 0.25) is 5.02 Å². The summed E-state index contributed by atoms with van der Waals surface area (Å²) in [6, 6.07) is 11.9. The van der Waals surface area contributed by atoms with Gasteiger partial charge >= 0.3 is 0 Å². The van der Waals surface area contributed by atoms with Gasteiger partial charge < -0.3 is 14.7 Å². The molecule has 0 unspecified atom stereocenters. The van der Waals surface area contributed by atoms with Gasteiger partial charge in [0.25, 0.3) is 5.91 Å². The fourth-order valence-corrected chi connectivity index (χ4v) is 4.45. The molecule has 3 heterocycles. The van der Waals surface area contributed by atoms with Crippen LogP contribution in [0.5, 0.6) is 0 Å². The molecule has 2 aromatic carbocycles. The van der Waals surface area contributed by atoms with Crippen molar-refractivity contribution in [3.63, 3.8) is 0 Å². The lowest BCUT2D eigenvalue weighted by Crippen LogP contribution is -2.42. The van der Waals surface area contributed by atoms with E-state index in [1.54, 1.807) is 6.07 Å². The van der Waals surface area contributed by atoms with Gasteiger partial charge in [-0.3, -0.25) is 9.69 Å². The van der Waals surface area contributed by atoms with Gasteiger partial charge in [0.15, 0.2) is 0 Å². The first kappa shape index (κ1) is 20.2. The maximum atomic E-state index is 12.9. The number of carbonyl (C=O) groups excluding carboxylic acids is 1. The second-order valence-corrected chi connectivity index (χ2v) is 8.58. The van der Waals surface area contributed by atoms with Crippen molar-refractivity contribution in [1.29, 1.82) is 0 Å². The Morgan fingerprint density at radius 2 is 1.90 bits per heavy atom. The van der Waals surface area contributed by atoms with Crippen LogP contribution in [0.25, 0.3) is 11.4 Å². The van der Waals surface area contributed by atoms with Gasteiger partial charge in [-0.15, -0.1) is 0 Å². The summed E-state index contributed by atoms with van der Waals surface area (Å²) in [5, 5.41) is 7.91. The Labute approximate surface area is 186 Å². The maximum absolute atomic E-state index is 12.9. The number of aromatic nitrogens is 2. The summed E-state index contributed by atoms with van der Waals surface area (Å²) in [6.07, 6.45) is 0. The van der Waals surface area contributed by atoms with Crippen LogP contribution >= 0.6 is 11.6 Å².